The summed E-state index contributed by atoms with van der Waals surface area (Å²) in [7, 11) is 0. The number of nitrogens with two attached hydrogens (primary N) is 1. The molecule has 0 unspecified atom stereocenters. The van der Waals surface area contributed by atoms with Crippen molar-refractivity contribution >= 4 is 17.1 Å². The molecule has 18 heavy (non-hydrogen) atoms. The zero-order valence-electron chi connectivity index (χ0n) is 9.51. The largest absolute Gasteiger partial charge is 0.397 e. The molecule has 0 aliphatic carbocycles. The molecule has 0 saturated heterocycles. The Labute approximate surface area is 105 Å². The van der Waals surface area contributed by atoms with Crippen LogP contribution in [-0.4, -0.2) is 0 Å². The molecule has 86 valence electrons. The number of nitrogen functional groups attached to an aromatic ring is 1. The predicted octanol–water partition coefficient (Wildman–Crippen LogP) is 2.76. The summed E-state index contributed by atoms with van der Waals surface area (Å²) in [6.07, 6.45) is 0. The van der Waals surface area contributed by atoms with Gasteiger partial charge in [0.15, 0.2) is 0 Å². The van der Waals surface area contributed by atoms with Gasteiger partial charge in [0.25, 0.3) is 0 Å². The Morgan fingerprint density at radius 1 is 0.889 bits per heavy atom. The first-order valence-corrected chi connectivity index (χ1v) is 5.30. The molecule has 0 aromatic heterocycles. The molecule has 0 heterocycles. The van der Waals surface area contributed by atoms with Crippen LogP contribution in [0.3, 0.4) is 0 Å². The van der Waals surface area contributed by atoms with Crippen LogP contribution in [0.5, 0.6) is 0 Å². The topological polar surface area (TPSA) is 85.6 Å². The van der Waals surface area contributed by atoms with E-state index in [0.29, 0.717) is 16.8 Å². The maximum atomic E-state index is 8.74. The van der Waals surface area contributed by atoms with E-state index in [1.54, 1.807) is 42.5 Å². The van der Waals surface area contributed by atoms with Gasteiger partial charge in [-0.25, -0.2) is 0 Å². The molecule has 0 aliphatic rings. The molecule has 0 saturated carbocycles. The number of nitrogens with one attached hydrogen (secondary N) is 1. The van der Waals surface area contributed by atoms with Crippen LogP contribution in [0.25, 0.3) is 0 Å². The molecule has 0 fully saturated rings. The second-order valence-corrected chi connectivity index (χ2v) is 3.73. The van der Waals surface area contributed by atoms with Crippen LogP contribution in [0, 0.1) is 22.7 Å². The number of nitriles is 2. The van der Waals surface area contributed by atoms with Crippen molar-refractivity contribution in [2.75, 3.05) is 11.1 Å². The van der Waals surface area contributed by atoms with Crippen molar-refractivity contribution in [2.24, 2.45) is 0 Å². The Morgan fingerprint density at radius 2 is 1.50 bits per heavy atom. The van der Waals surface area contributed by atoms with E-state index >= 15 is 0 Å². The van der Waals surface area contributed by atoms with E-state index in [4.69, 9.17) is 16.3 Å². The minimum Gasteiger partial charge on any atom is -0.397 e. The van der Waals surface area contributed by atoms with Gasteiger partial charge in [0.1, 0.15) is 0 Å². The number of rotatable bonds is 2. The zero-order valence-corrected chi connectivity index (χ0v) is 9.51. The lowest BCUT2D eigenvalue weighted by Gasteiger charge is -2.09. The average Bonchev–Trinajstić information content (AvgIpc) is 2.42. The smallest absolute Gasteiger partial charge is 0.0992 e. The van der Waals surface area contributed by atoms with Gasteiger partial charge in [0.2, 0.25) is 0 Å². The third-order valence-electron chi connectivity index (χ3n) is 2.47. The van der Waals surface area contributed by atoms with Gasteiger partial charge < -0.3 is 11.1 Å². The van der Waals surface area contributed by atoms with Crippen molar-refractivity contribution in [3.05, 3.63) is 53.6 Å². The van der Waals surface area contributed by atoms with Crippen LogP contribution < -0.4 is 11.1 Å². The summed E-state index contributed by atoms with van der Waals surface area (Å²) in [5.74, 6) is 0. The average molecular weight is 234 g/mol. The van der Waals surface area contributed by atoms with Crippen LogP contribution in [0.15, 0.2) is 42.5 Å². The molecule has 2 aromatic carbocycles. The molecule has 0 bridgehead atoms. The van der Waals surface area contributed by atoms with Gasteiger partial charge in [-0.2, -0.15) is 10.5 Å². The lowest BCUT2D eigenvalue weighted by molar-refractivity contribution is 1.46. The van der Waals surface area contributed by atoms with Crippen LogP contribution in [0.2, 0.25) is 0 Å². The highest BCUT2D eigenvalue weighted by atomic mass is 14.9. The molecule has 0 amide bonds. The Morgan fingerprint density at radius 3 is 2.06 bits per heavy atom. The fraction of sp³-hybridized carbons (Fsp3) is 0. The summed E-state index contributed by atoms with van der Waals surface area (Å²) >= 11 is 0. The van der Waals surface area contributed by atoms with Crippen LogP contribution in [-0.2, 0) is 0 Å². The maximum absolute atomic E-state index is 8.74. The molecule has 4 nitrogen and oxygen atoms in total. The third kappa shape index (κ3) is 2.40. The van der Waals surface area contributed by atoms with Crippen LogP contribution >= 0.6 is 0 Å². The summed E-state index contributed by atoms with van der Waals surface area (Å²) in [6.45, 7) is 0. The lowest BCUT2D eigenvalue weighted by atomic mass is 10.1. The molecule has 2 rings (SSSR count). The number of hydrogen-bond donors (Lipinski definition) is 2. The molecule has 4 heteroatoms. The highest BCUT2D eigenvalue weighted by molar-refractivity contribution is 5.74. The fourth-order valence-corrected chi connectivity index (χ4v) is 1.53. The fourth-order valence-electron chi connectivity index (χ4n) is 1.53. The van der Waals surface area contributed by atoms with Gasteiger partial charge in [-0.3, -0.25) is 0 Å². The van der Waals surface area contributed by atoms with Gasteiger partial charge in [0.05, 0.1) is 34.6 Å². The van der Waals surface area contributed by atoms with Crippen molar-refractivity contribution in [1.82, 2.24) is 0 Å². The van der Waals surface area contributed by atoms with E-state index < -0.39 is 0 Å². The number of anilines is 3. The summed E-state index contributed by atoms with van der Waals surface area (Å²) in [4.78, 5) is 0. The van der Waals surface area contributed by atoms with Gasteiger partial charge in [-0.05, 0) is 42.5 Å². The number of benzene rings is 2. The third-order valence-corrected chi connectivity index (χ3v) is 2.47. The summed E-state index contributed by atoms with van der Waals surface area (Å²) in [5.41, 5.74) is 9.05. The molecule has 2 aromatic rings. The summed E-state index contributed by atoms with van der Waals surface area (Å²) in [6, 6.07) is 16.2. The normalized spacial score (nSPS) is 9.22. The molecular weight excluding hydrogens is 224 g/mol. The first kappa shape index (κ1) is 11.5. The standard InChI is InChI=1S/C14H10N4/c15-8-10-1-4-12(5-2-10)18-14-6-3-11(9-16)7-13(14)17/h1-7,18H,17H2. The first-order valence-electron chi connectivity index (χ1n) is 5.30. The van der Waals surface area contributed by atoms with Crippen LogP contribution in [0.4, 0.5) is 17.1 Å². The highest BCUT2D eigenvalue weighted by Crippen LogP contribution is 2.24. The van der Waals surface area contributed by atoms with E-state index in [-0.39, 0.29) is 0 Å². The zero-order chi connectivity index (χ0) is 13.0. The summed E-state index contributed by atoms with van der Waals surface area (Å²) in [5, 5.41) is 20.6. The molecule has 3 N–H and O–H groups in total. The van der Waals surface area contributed by atoms with Gasteiger partial charge in [0, 0.05) is 5.69 Å². The van der Waals surface area contributed by atoms with Crippen molar-refractivity contribution in [2.45, 2.75) is 0 Å². The first-order chi connectivity index (χ1) is 8.72. The SMILES string of the molecule is N#Cc1ccc(Nc2ccc(C#N)cc2N)cc1. The maximum Gasteiger partial charge on any atom is 0.0992 e. The van der Waals surface area contributed by atoms with Gasteiger partial charge >= 0.3 is 0 Å². The molecule has 0 spiro atoms. The van der Waals surface area contributed by atoms with Gasteiger partial charge in [-0.1, -0.05) is 0 Å². The minimum atomic E-state index is 0.512. The lowest BCUT2D eigenvalue weighted by Crippen LogP contribution is -1.96. The highest BCUT2D eigenvalue weighted by Gasteiger charge is 2.01. The summed E-state index contributed by atoms with van der Waals surface area (Å²) < 4.78 is 0. The monoisotopic (exact) mass is 234 g/mol. The van der Waals surface area contributed by atoms with E-state index in [0.717, 1.165) is 11.4 Å². The second kappa shape index (κ2) is 4.90. The Bertz CT molecular complexity index is 645. The van der Waals surface area contributed by atoms with Crippen LogP contribution in [0.1, 0.15) is 11.1 Å². The van der Waals surface area contributed by atoms with Crippen molar-refractivity contribution in [1.29, 1.82) is 10.5 Å². The van der Waals surface area contributed by atoms with Crippen molar-refractivity contribution in [3.8, 4) is 12.1 Å². The number of hydrogen-bond acceptors (Lipinski definition) is 4. The minimum absolute atomic E-state index is 0.512. The Balaban J connectivity index is 2.24. The molecule has 0 aliphatic heterocycles. The Hall–Kier alpha value is -2.98. The quantitative estimate of drug-likeness (QED) is 0.782. The Kier molecular flexibility index (Phi) is 3.13. The second-order valence-electron chi connectivity index (χ2n) is 3.73. The molecule has 0 atom stereocenters. The number of nitrogens with zero attached hydrogens (tertiary/aromatic N) is 2. The van der Waals surface area contributed by atoms with E-state index in [1.165, 1.54) is 0 Å². The van der Waals surface area contributed by atoms with E-state index in [1.807, 2.05) is 6.07 Å². The molecule has 0 radical (unpaired) electrons. The van der Waals surface area contributed by atoms with Crippen molar-refractivity contribution in [3.63, 3.8) is 0 Å². The van der Waals surface area contributed by atoms with Gasteiger partial charge in [-0.15, -0.1) is 0 Å². The van der Waals surface area contributed by atoms with E-state index in [9.17, 15) is 0 Å². The molecular formula is C14H10N4. The van der Waals surface area contributed by atoms with E-state index in [2.05, 4.69) is 11.4 Å². The predicted molar refractivity (Wildman–Crippen MR) is 70.0 cm³/mol. The van der Waals surface area contributed by atoms with Crippen molar-refractivity contribution < 1.29 is 0 Å².